The van der Waals surface area contributed by atoms with Gasteiger partial charge in [0.1, 0.15) is 16.5 Å². The Hall–Kier alpha value is -3.49. The first-order chi connectivity index (χ1) is 15.6. The van der Waals surface area contributed by atoms with Gasteiger partial charge in [0.15, 0.2) is 5.11 Å². The van der Waals surface area contributed by atoms with Gasteiger partial charge in [0.2, 0.25) is 0 Å². The SMILES string of the molecule is COc1cc(OC)cc(C(=O)NC(=S)NCc2ccc(-c3nc4ccccc4s3)cc2)c1. The summed E-state index contributed by atoms with van der Waals surface area (Å²) >= 11 is 6.95. The Kier molecular flexibility index (Phi) is 6.63. The molecule has 2 N–H and O–H groups in total. The van der Waals surface area contributed by atoms with Gasteiger partial charge in [0.25, 0.3) is 5.91 Å². The third-order valence-corrected chi connectivity index (χ3v) is 6.12. The van der Waals surface area contributed by atoms with Crippen LogP contribution in [-0.2, 0) is 6.54 Å². The summed E-state index contributed by atoms with van der Waals surface area (Å²) < 4.78 is 11.6. The van der Waals surface area contributed by atoms with Crippen molar-refractivity contribution < 1.29 is 14.3 Å². The molecule has 0 radical (unpaired) electrons. The molecule has 1 aromatic heterocycles. The van der Waals surface area contributed by atoms with Crippen LogP contribution in [0.3, 0.4) is 0 Å². The van der Waals surface area contributed by atoms with Gasteiger partial charge in [-0.1, -0.05) is 36.4 Å². The molecule has 0 aliphatic rings. The number of nitrogens with one attached hydrogen (secondary N) is 2. The molecule has 32 heavy (non-hydrogen) atoms. The Balaban J connectivity index is 1.35. The lowest BCUT2D eigenvalue weighted by Gasteiger charge is -2.11. The zero-order valence-electron chi connectivity index (χ0n) is 17.5. The molecule has 1 heterocycles. The van der Waals surface area contributed by atoms with Gasteiger partial charge in [-0.25, -0.2) is 4.98 Å². The molecule has 0 atom stereocenters. The first-order valence-corrected chi connectivity index (χ1v) is 11.1. The second kappa shape index (κ2) is 9.76. The van der Waals surface area contributed by atoms with Crippen molar-refractivity contribution in [1.82, 2.24) is 15.6 Å². The number of hydrogen-bond acceptors (Lipinski definition) is 6. The normalized spacial score (nSPS) is 10.6. The number of thiazole rings is 1. The Bertz CT molecular complexity index is 1210. The minimum absolute atomic E-state index is 0.243. The van der Waals surface area contributed by atoms with E-state index in [1.165, 1.54) is 18.9 Å². The Morgan fingerprint density at radius 3 is 2.34 bits per heavy atom. The summed E-state index contributed by atoms with van der Waals surface area (Å²) in [5, 5.41) is 6.98. The molecular weight excluding hydrogens is 442 g/mol. The van der Waals surface area contributed by atoms with Crippen molar-refractivity contribution in [2.24, 2.45) is 0 Å². The third-order valence-electron chi connectivity index (χ3n) is 4.79. The lowest BCUT2D eigenvalue weighted by Crippen LogP contribution is -2.38. The van der Waals surface area contributed by atoms with Gasteiger partial charge in [0.05, 0.1) is 24.4 Å². The molecule has 0 aliphatic carbocycles. The summed E-state index contributed by atoms with van der Waals surface area (Å²) in [5.74, 6) is 0.717. The topological polar surface area (TPSA) is 72.5 Å². The fraction of sp³-hybridized carbons (Fsp3) is 0.125. The van der Waals surface area contributed by atoms with E-state index in [9.17, 15) is 4.79 Å². The Morgan fingerprint density at radius 2 is 1.69 bits per heavy atom. The molecule has 6 nitrogen and oxygen atoms in total. The van der Waals surface area contributed by atoms with E-state index in [1.54, 1.807) is 29.5 Å². The van der Waals surface area contributed by atoms with Gasteiger partial charge < -0.3 is 14.8 Å². The zero-order chi connectivity index (χ0) is 22.5. The number of benzene rings is 3. The summed E-state index contributed by atoms with van der Waals surface area (Å²) in [6.45, 7) is 0.487. The maximum Gasteiger partial charge on any atom is 0.257 e. The first-order valence-electron chi connectivity index (χ1n) is 9.83. The smallest absolute Gasteiger partial charge is 0.257 e. The molecule has 0 saturated heterocycles. The fourth-order valence-electron chi connectivity index (χ4n) is 3.10. The van der Waals surface area contributed by atoms with Crippen LogP contribution in [0.5, 0.6) is 11.5 Å². The molecule has 0 bridgehead atoms. The number of aromatic nitrogens is 1. The van der Waals surface area contributed by atoms with Crippen LogP contribution in [0.2, 0.25) is 0 Å². The van der Waals surface area contributed by atoms with E-state index in [-0.39, 0.29) is 11.0 Å². The van der Waals surface area contributed by atoms with Crippen molar-refractivity contribution in [2.45, 2.75) is 6.54 Å². The summed E-state index contributed by atoms with van der Waals surface area (Å²) in [5.41, 5.74) is 3.51. The van der Waals surface area contributed by atoms with E-state index in [2.05, 4.69) is 21.7 Å². The zero-order valence-corrected chi connectivity index (χ0v) is 19.2. The number of carbonyl (C=O) groups excluding carboxylic acids is 1. The Morgan fingerprint density at radius 1 is 1.00 bits per heavy atom. The molecule has 0 fully saturated rings. The molecule has 162 valence electrons. The molecule has 0 aliphatic heterocycles. The first kappa shape index (κ1) is 21.7. The standard InChI is InChI=1S/C24H21N3O3S2/c1-29-18-11-17(12-19(13-18)30-2)22(28)27-24(31)25-14-15-7-9-16(10-8-15)23-26-20-5-3-4-6-21(20)32-23/h3-13H,14H2,1-2H3,(H2,25,27,28,31). The maximum atomic E-state index is 12.5. The largest absolute Gasteiger partial charge is 0.497 e. The number of methoxy groups -OCH3 is 2. The average molecular weight is 464 g/mol. The summed E-state index contributed by atoms with van der Waals surface area (Å²) in [6, 6.07) is 21.2. The molecule has 4 rings (SSSR count). The number of rotatable bonds is 6. The van der Waals surface area contributed by atoms with E-state index in [0.29, 0.717) is 23.6 Å². The highest BCUT2D eigenvalue weighted by Crippen LogP contribution is 2.30. The van der Waals surface area contributed by atoms with Gasteiger partial charge in [-0.3, -0.25) is 10.1 Å². The summed E-state index contributed by atoms with van der Waals surface area (Å²) in [6.07, 6.45) is 0. The molecule has 4 aromatic rings. The second-order valence-electron chi connectivity index (χ2n) is 6.92. The van der Waals surface area contributed by atoms with E-state index < -0.39 is 0 Å². The molecule has 0 spiro atoms. The lowest BCUT2D eigenvalue weighted by atomic mass is 10.1. The van der Waals surface area contributed by atoms with E-state index in [1.807, 2.05) is 42.5 Å². The van der Waals surface area contributed by atoms with Gasteiger partial charge in [0, 0.05) is 23.7 Å². The number of amides is 1. The highest BCUT2D eigenvalue weighted by atomic mass is 32.1. The van der Waals surface area contributed by atoms with E-state index in [4.69, 9.17) is 21.7 Å². The minimum atomic E-state index is -0.342. The van der Waals surface area contributed by atoms with Crippen LogP contribution in [0.1, 0.15) is 15.9 Å². The van der Waals surface area contributed by atoms with Crippen LogP contribution >= 0.6 is 23.6 Å². The number of thiocarbonyl (C=S) groups is 1. The van der Waals surface area contributed by atoms with Crippen LogP contribution in [0.15, 0.2) is 66.7 Å². The fourth-order valence-corrected chi connectivity index (χ4v) is 4.24. The molecule has 8 heteroatoms. The van der Waals surface area contributed by atoms with Gasteiger partial charge in [-0.15, -0.1) is 11.3 Å². The predicted octanol–water partition coefficient (Wildman–Crippen LogP) is 4.79. The van der Waals surface area contributed by atoms with Crippen molar-refractivity contribution in [3.63, 3.8) is 0 Å². The highest BCUT2D eigenvalue weighted by molar-refractivity contribution is 7.80. The summed E-state index contributed by atoms with van der Waals surface area (Å²) in [4.78, 5) is 17.2. The third kappa shape index (κ3) is 5.04. The number of para-hydroxylation sites is 1. The molecular formula is C24H21N3O3S2. The number of ether oxygens (including phenoxy) is 2. The second-order valence-corrected chi connectivity index (χ2v) is 8.36. The summed E-state index contributed by atoms with van der Waals surface area (Å²) in [7, 11) is 3.06. The van der Waals surface area contributed by atoms with Gasteiger partial charge in [-0.2, -0.15) is 0 Å². The van der Waals surface area contributed by atoms with Crippen molar-refractivity contribution in [1.29, 1.82) is 0 Å². The molecule has 0 unspecified atom stereocenters. The van der Waals surface area contributed by atoms with Crippen LogP contribution in [0, 0.1) is 0 Å². The van der Waals surface area contributed by atoms with Crippen molar-refractivity contribution in [2.75, 3.05) is 14.2 Å². The van der Waals surface area contributed by atoms with Crippen LogP contribution in [0.25, 0.3) is 20.8 Å². The van der Waals surface area contributed by atoms with Crippen molar-refractivity contribution in [3.05, 3.63) is 77.9 Å². The van der Waals surface area contributed by atoms with Crippen LogP contribution < -0.4 is 20.1 Å². The maximum absolute atomic E-state index is 12.5. The molecule has 0 saturated carbocycles. The lowest BCUT2D eigenvalue weighted by molar-refractivity contribution is 0.0976. The van der Waals surface area contributed by atoms with Crippen LogP contribution in [0.4, 0.5) is 0 Å². The van der Waals surface area contributed by atoms with Crippen LogP contribution in [-0.4, -0.2) is 30.2 Å². The number of nitrogens with zero attached hydrogens (tertiary/aromatic N) is 1. The van der Waals surface area contributed by atoms with E-state index >= 15 is 0 Å². The minimum Gasteiger partial charge on any atom is -0.497 e. The van der Waals surface area contributed by atoms with Gasteiger partial charge >= 0.3 is 0 Å². The van der Waals surface area contributed by atoms with Gasteiger partial charge in [-0.05, 0) is 42.0 Å². The van der Waals surface area contributed by atoms with Crippen molar-refractivity contribution in [3.8, 4) is 22.1 Å². The molecule has 1 amide bonds. The monoisotopic (exact) mass is 463 g/mol. The average Bonchev–Trinajstić information content (AvgIpc) is 3.27. The van der Waals surface area contributed by atoms with E-state index in [0.717, 1.165) is 21.7 Å². The predicted molar refractivity (Wildman–Crippen MR) is 132 cm³/mol. The highest BCUT2D eigenvalue weighted by Gasteiger charge is 2.12. The molecule has 3 aromatic carbocycles. The quantitative estimate of drug-likeness (QED) is 0.401. The van der Waals surface area contributed by atoms with Crippen molar-refractivity contribution >= 4 is 44.8 Å². The number of carbonyl (C=O) groups is 1. The Labute approximate surface area is 195 Å². The number of hydrogen-bond donors (Lipinski definition) is 2. The number of fused-ring (bicyclic) bond motifs is 1.